The summed E-state index contributed by atoms with van der Waals surface area (Å²) in [5.74, 6) is -0.693. The molecule has 1 amide bonds. The Labute approximate surface area is 113 Å². The van der Waals surface area contributed by atoms with Gasteiger partial charge in [0.15, 0.2) is 0 Å². The summed E-state index contributed by atoms with van der Waals surface area (Å²) in [7, 11) is -3.69. The fourth-order valence-electron chi connectivity index (χ4n) is 2.24. The van der Waals surface area contributed by atoms with Crippen LogP contribution in [0.1, 0.15) is 30.9 Å². The van der Waals surface area contributed by atoms with Crippen LogP contribution in [0.3, 0.4) is 0 Å². The number of fused-ring (bicyclic) bond motifs is 1. The van der Waals surface area contributed by atoms with Gasteiger partial charge in [0.2, 0.25) is 15.9 Å². The fourth-order valence-corrected chi connectivity index (χ4v) is 3.50. The standard InChI is InChI=1S/C13H18N2O3S/c1-9(13(14)16)15-19(17,18)12-7-6-10-4-2-3-5-11(10)8-12/h6-9,15H,2-5H2,1H3,(H2,14,16). The minimum Gasteiger partial charge on any atom is -0.368 e. The summed E-state index contributed by atoms with van der Waals surface area (Å²) in [4.78, 5) is 11.1. The highest BCUT2D eigenvalue weighted by Crippen LogP contribution is 2.24. The van der Waals surface area contributed by atoms with Crippen LogP contribution in [0.2, 0.25) is 0 Å². The van der Waals surface area contributed by atoms with Crippen LogP contribution in [-0.4, -0.2) is 20.4 Å². The van der Waals surface area contributed by atoms with Crippen LogP contribution in [-0.2, 0) is 27.7 Å². The van der Waals surface area contributed by atoms with Crippen molar-refractivity contribution >= 4 is 15.9 Å². The Hall–Kier alpha value is -1.40. The monoisotopic (exact) mass is 282 g/mol. The van der Waals surface area contributed by atoms with Gasteiger partial charge in [0.1, 0.15) is 0 Å². The summed E-state index contributed by atoms with van der Waals surface area (Å²) in [5.41, 5.74) is 7.37. The first kappa shape index (κ1) is 14.0. The van der Waals surface area contributed by atoms with E-state index in [0.717, 1.165) is 31.2 Å². The summed E-state index contributed by atoms with van der Waals surface area (Å²) in [6, 6.07) is 4.23. The average Bonchev–Trinajstić information content (AvgIpc) is 2.37. The Morgan fingerprint density at radius 2 is 1.89 bits per heavy atom. The molecule has 1 aromatic rings. The van der Waals surface area contributed by atoms with E-state index in [0.29, 0.717) is 0 Å². The van der Waals surface area contributed by atoms with Crippen molar-refractivity contribution in [1.29, 1.82) is 0 Å². The van der Waals surface area contributed by atoms with Crippen molar-refractivity contribution in [2.24, 2.45) is 5.73 Å². The molecule has 1 aromatic carbocycles. The van der Waals surface area contributed by atoms with Gasteiger partial charge in [0, 0.05) is 0 Å². The molecule has 1 aliphatic rings. The van der Waals surface area contributed by atoms with E-state index in [1.807, 2.05) is 6.07 Å². The SMILES string of the molecule is CC(NS(=O)(=O)c1ccc2c(c1)CCCC2)C(N)=O. The number of amides is 1. The van der Waals surface area contributed by atoms with Crippen molar-refractivity contribution in [2.45, 2.75) is 43.5 Å². The molecule has 0 heterocycles. The Bertz CT molecular complexity index is 596. The van der Waals surface area contributed by atoms with E-state index in [1.54, 1.807) is 12.1 Å². The van der Waals surface area contributed by atoms with E-state index in [2.05, 4.69) is 4.72 Å². The van der Waals surface area contributed by atoms with Crippen molar-refractivity contribution in [2.75, 3.05) is 0 Å². The third-order valence-corrected chi connectivity index (χ3v) is 4.93. The lowest BCUT2D eigenvalue weighted by atomic mass is 9.92. The van der Waals surface area contributed by atoms with Crippen LogP contribution in [0.5, 0.6) is 0 Å². The molecule has 0 saturated heterocycles. The van der Waals surface area contributed by atoms with E-state index in [4.69, 9.17) is 5.73 Å². The maximum Gasteiger partial charge on any atom is 0.241 e. The van der Waals surface area contributed by atoms with Gasteiger partial charge in [0.05, 0.1) is 10.9 Å². The molecule has 0 saturated carbocycles. The number of hydrogen-bond acceptors (Lipinski definition) is 3. The van der Waals surface area contributed by atoms with Gasteiger partial charge < -0.3 is 5.73 Å². The second-order valence-corrected chi connectivity index (χ2v) is 6.60. The number of primary amides is 1. The molecule has 0 bridgehead atoms. The second kappa shape index (κ2) is 5.30. The third-order valence-electron chi connectivity index (χ3n) is 3.39. The molecule has 1 aliphatic carbocycles. The smallest absolute Gasteiger partial charge is 0.241 e. The molecule has 0 aromatic heterocycles. The van der Waals surface area contributed by atoms with Crippen LogP contribution in [0.4, 0.5) is 0 Å². The Morgan fingerprint density at radius 3 is 2.53 bits per heavy atom. The first-order valence-corrected chi connectivity index (χ1v) is 7.82. The predicted octanol–water partition coefficient (Wildman–Crippen LogP) is 0.718. The quantitative estimate of drug-likeness (QED) is 0.852. The van der Waals surface area contributed by atoms with Gasteiger partial charge in [-0.2, -0.15) is 4.72 Å². The lowest BCUT2D eigenvalue weighted by molar-refractivity contribution is -0.119. The normalized spacial score (nSPS) is 16.7. The van der Waals surface area contributed by atoms with Crippen LogP contribution < -0.4 is 10.5 Å². The molecule has 0 aliphatic heterocycles. The van der Waals surface area contributed by atoms with E-state index >= 15 is 0 Å². The highest BCUT2D eigenvalue weighted by Gasteiger charge is 2.21. The van der Waals surface area contributed by atoms with E-state index in [9.17, 15) is 13.2 Å². The van der Waals surface area contributed by atoms with Gasteiger partial charge in [-0.05, 0) is 55.9 Å². The summed E-state index contributed by atoms with van der Waals surface area (Å²) in [6.45, 7) is 1.43. The van der Waals surface area contributed by atoms with Crippen molar-refractivity contribution in [3.8, 4) is 0 Å². The highest BCUT2D eigenvalue weighted by atomic mass is 32.2. The van der Waals surface area contributed by atoms with E-state index in [1.165, 1.54) is 12.5 Å². The van der Waals surface area contributed by atoms with Crippen molar-refractivity contribution in [3.05, 3.63) is 29.3 Å². The van der Waals surface area contributed by atoms with E-state index in [-0.39, 0.29) is 4.90 Å². The molecule has 0 spiro atoms. The lowest BCUT2D eigenvalue weighted by Gasteiger charge is -2.17. The summed E-state index contributed by atoms with van der Waals surface area (Å²) in [5, 5.41) is 0. The number of hydrogen-bond donors (Lipinski definition) is 2. The molecule has 19 heavy (non-hydrogen) atoms. The number of sulfonamides is 1. The number of nitrogens with one attached hydrogen (secondary N) is 1. The zero-order valence-electron chi connectivity index (χ0n) is 10.8. The molecule has 1 atom stereocenters. The Balaban J connectivity index is 2.28. The van der Waals surface area contributed by atoms with Crippen LogP contribution in [0, 0.1) is 0 Å². The van der Waals surface area contributed by atoms with Crippen LogP contribution in [0.15, 0.2) is 23.1 Å². The molecule has 104 valence electrons. The van der Waals surface area contributed by atoms with Crippen molar-refractivity contribution in [1.82, 2.24) is 4.72 Å². The van der Waals surface area contributed by atoms with Gasteiger partial charge in [-0.3, -0.25) is 4.79 Å². The lowest BCUT2D eigenvalue weighted by Crippen LogP contribution is -2.42. The van der Waals surface area contributed by atoms with Gasteiger partial charge in [-0.15, -0.1) is 0 Å². The minimum atomic E-state index is -3.69. The zero-order chi connectivity index (χ0) is 14.0. The predicted molar refractivity (Wildman–Crippen MR) is 72.1 cm³/mol. The third kappa shape index (κ3) is 3.13. The maximum atomic E-state index is 12.1. The molecule has 0 radical (unpaired) electrons. The van der Waals surface area contributed by atoms with Crippen molar-refractivity contribution < 1.29 is 13.2 Å². The summed E-state index contributed by atoms with van der Waals surface area (Å²) < 4.78 is 26.5. The van der Waals surface area contributed by atoms with Gasteiger partial charge in [-0.1, -0.05) is 6.07 Å². The number of carbonyl (C=O) groups is 1. The first-order valence-electron chi connectivity index (χ1n) is 6.33. The average molecular weight is 282 g/mol. The number of benzene rings is 1. The number of carbonyl (C=O) groups excluding carboxylic acids is 1. The van der Waals surface area contributed by atoms with E-state index < -0.39 is 22.0 Å². The zero-order valence-corrected chi connectivity index (χ0v) is 11.7. The largest absolute Gasteiger partial charge is 0.368 e. The maximum absolute atomic E-state index is 12.1. The Kier molecular flexibility index (Phi) is 3.91. The first-order chi connectivity index (χ1) is 8.90. The Morgan fingerprint density at radius 1 is 1.26 bits per heavy atom. The highest BCUT2D eigenvalue weighted by molar-refractivity contribution is 7.89. The molecule has 5 nitrogen and oxygen atoms in total. The number of rotatable bonds is 4. The summed E-state index contributed by atoms with van der Waals surface area (Å²) >= 11 is 0. The van der Waals surface area contributed by atoms with Gasteiger partial charge in [-0.25, -0.2) is 8.42 Å². The van der Waals surface area contributed by atoms with Crippen LogP contribution in [0.25, 0.3) is 0 Å². The van der Waals surface area contributed by atoms with Gasteiger partial charge in [0.25, 0.3) is 0 Å². The molecule has 3 N–H and O–H groups in total. The molecule has 0 fully saturated rings. The molecule has 6 heteroatoms. The molecular formula is C13H18N2O3S. The molecule has 1 unspecified atom stereocenters. The number of nitrogens with two attached hydrogens (primary N) is 1. The van der Waals surface area contributed by atoms with Gasteiger partial charge >= 0.3 is 0 Å². The fraction of sp³-hybridized carbons (Fsp3) is 0.462. The minimum absolute atomic E-state index is 0.196. The topological polar surface area (TPSA) is 89.3 Å². The van der Waals surface area contributed by atoms with Crippen molar-refractivity contribution in [3.63, 3.8) is 0 Å². The molecule has 2 rings (SSSR count). The summed E-state index contributed by atoms with van der Waals surface area (Å²) in [6.07, 6.45) is 4.14. The number of aryl methyl sites for hydroxylation is 2. The second-order valence-electron chi connectivity index (χ2n) is 4.88. The molecular weight excluding hydrogens is 264 g/mol. The van der Waals surface area contributed by atoms with Crippen LogP contribution >= 0.6 is 0 Å².